The molecule has 0 N–H and O–H groups in total. The van der Waals surface area contributed by atoms with Gasteiger partial charge in [-0.25, -0.2) is 9.97 Å². The van der Waals surface area contributed by atoms with Gasteiger partial charge in [-0.15, -0.1) is 0 Å². The quantitative estimate of drug-likeness (QED) is 0.177. The number of para-hydroxylation sites is 4. The van der Waals surface area contributed by atoms with E-state index in [1.807, 2.05) is 48.5 Å². The largest absolute Gasteiger partial charge is 0.456 e. The van der Waals surface area contributed by atoms with Crippen LogP contribution < -0.4 is 0 Å². The average molecular weight is 730 g/mol. The highest BCUT2D eigenvalue weighted by molar-refractivity contribution is 6.15. The molecule has 12 aromatic rings. The van der Waals surface area contributed by atoms with Crippen LogP contribution in [0.15, 0.2) is 197 Å². The fourth-order valence-corrected chi connectivity index (χ4v) is 8.66. The van der Waals surface area contributed by atoms with Gasteiger partial charge in [0.15, 0.2) is 5.82 Å². The lowest BCUT2D eigenvalue weighted by Gasteiger charge is -2.14. The number of furan rings is 2. The molecule has 0 bridgehead atoms. The third kappa shape index (κ3) is 4.96. The highest BCUT2D eigenvalue weighted by atomic mass is 16.3. The van der Waals surface area contributed by atoms with Crippen LogP contribution in [-0.2, 0) is 0 Å². The summed E-state index contributed by atoms with van der Waals surface area (Å²) in [6.07, 6.45) is 0. The Bertz CT molecular complexity index is 3540. The van der Waals surface area contributed by atoms with Crippen LogP contribution >= 0.6 is 0 Å². The summed E-state index contributed by atoms with van der Waals surface area (Å²) in [5, 5.41) is 6.73. The Morgan fingerprint density at radius 3 is 1.86 bits per heavy atom. The minimum absolute atomic E-state index is 0.652. The minimum Gasteiger partial charge on any atom is -0.456 e. The van der Waals surface area contributed by atoms with Crippen molar-refractivity contribution in [3.8, 4) is 50.7 Å². The molecule has 0 spiro atoms. The molecule has 0 saturated heterocycles. The van der Waals surface area contributed by atoms with Crippen molar-refractivity contribution in [2.75, 3.05) is 0 Å². The van der Waals surface area contributed by atoms with Crippen LogP contribution in [0.2, 0.25) is 0 Å². The maximum atomic E-state index is 6.34. The topological polar surface area (TPSA) is 57.0 Å². The molecule has 0 amide bonds. The van der Waals surface area contributed by atoms with Crippen LogP contribution in [0.4, 0.5) is 0 Å². The van der Waals surface area contributed by atoms with E-state index >= 15 is 0 Å². The van der Waals surface area contributed by atoms with Gasteiger partial charge in [0.05, 0.1) is 16.7 Å². The lowest BCUT2D eigenvalue weighted by molar-refractivity contribution is 0.668. The van der Waals surface area contributed by atoms with E-state index in [2.05, 4.69) is 144 Å². The van der Waals surface area contributed by atoms with Crippen molar-refractivity contribution in [2.45, 2.75) is 0 Å². The van der Waals surface area contributed by atoms with Crippen molar-refractivity contribution in [1.29, 1.82) is 0 Å². The van der Waals surface area contributed by atoms with Crippen molar-refractivity contribution in [3.63, 3.8) is 0 Å². The van der Waals surface area contributed by atoms with Crippen molar-refractivity contribution >= 4 is 65.7 Å². The molecule has 0 aliphatic rings. The third-order valence-electron chi connectivity index (χ3n) is 11.2. The molecule has 0 saturated carbocycles. The first-order valence-corrected chi connectivity index (χ1v) is 19.1. The zero-order valence-corrected chi connectivity index (χ0v) is 30.6. The molecule has 5 heteroatoms. The number of hydrogen-bond donors (Lipinski definition) is 0. The molecule has 0 radical (unpaired) electrons. The molecule has 5 nitrogen and oxygen atoms in total. The maximum Gasteiger partial charge on any atom is 0.162 e. The van der Waals surface area contributed by atoms with Crippen molar-refractivity contribution in [2.24, 2.45) is 0 Å². The lowest BCUT2D eigenvalue weighted by Crippen LogP contribution is -2.03. The van der Waals surface area contributed by atoms with E-state index in [9.17, 15) is 0 Å². The monoisotopic (exact) mass is 729 g/mol. The zero-order valence-electron chi connectivity index (χ0n) is 30.6. The molecule has 0 fully saturated rings. The first kappa shape index (κ1) is 31.6. The molecule has 12 rings (SSSR count). The van der Waals surface area contributed by atoms with E-state index in [0.717, 1.165) is 111 Å². The number of fused-ring (bicyclic) bond motifs is 9. The van der Waals surface area contributed by atoms with Crippen molar-refractivity contribution in [1.82, 2.24) is 14.5 Å². The predicted molar refractivity (Wildman–Crippen MR) is 233 cm³/mol. The number of benzene rings is 8. The molecule has 0 aliphatic carbocycles. The molecule has 4 aromatic heterocycles. The van der Waals surface area contributed by atoms with E-state index < -0.39 is 0 Å². The molecule has 4 heterocycles. The summed E-state index contributed by atoms with van der Waals surface area (Å²) < 4.78 is 14.9. The van der Waals surface area contributed by atoms with Crippen LogP contribution in [0.25, 0.3) is 116 Å². The summed E-state index contributed by atoms with van der Waals surface area (Å²) in [6, 6.07) is 65.5. The van der Waals surface area contributed by atoms with E-state index in [0.29, 0.717) is 5.82 Å². The number of hydrogen-bond acceptors (Lipinski definition) is 4. The molecular formula is C52H31N3O2. The van der Waals surface area contributed by atoms with Gasteiger partial charge in [0.2, 0.25) is 0 Å². The highest BCUT2D eigenvalue weighted by Gasteiger charge is 2.21. The Hall–Kier alpha value is -7.76. The van der Waals surface area contributed by atoms with Gasteiger partial charge in [0, 0.05) is 55.1 Å². The van der Waals surface area contributed by atoms with Crippen molar-refractivity contribution < 1.29 is 8.83 Å². The van der Waals surface area contributed by atoms with Gasteiger partial charge in [0.25, 0.3) is 0 Å². The van der Waals surface area contributed by atoms with Crippen LogP contribution in [-0.4, -0.2) is 14.5 Å². The van der Waals surface area contributed by atoms with Gasteiger partial charge in [-0.2, -0.15) is 0 Å². The minimum atomic E-state index is 0.652. The fourth-order valence-electron chi connectivity index (χ4n) is 8.66. The smallest absolute Gasteiger partial charge is 0.162 e. The number of rotatable bonds is 5. The van der Waals surface area contributed by atoms with Crippen LogP contribution in [0.1, 0.15) is 0 Å². The molecule has 0 aliphatic heterocycles. The Kier molecular flexibility index (Phi) is 6.86. The first-order valence-electron chi connectivity index (χ1n) is 19.1. The van der Waals surface area contributed by atoms with Crippen LogP contribution in [0.5, 0.6) is 0 Å². The van der Waals surface area contributed by atoms with E-state index in [1.165, 1.54) is 0 Å². The van der Waals surface area contributed by atoms with Crippen molar-refractivity contribution in [3.05, 3.63) is 188 Å². The number of aromatic nitrogens is 3. The summed E-state index contributed by atoms with van der Waals surface area (Å²) in [7, 11) is 0. The van der Waals surface area contributed by atoms with Gasteiger partial charge in [-0.05, 0) is 59.2 Å². The van der Waals surface area contributed by atoms with E-state index in [1.54, 1.807) is 0 Å². The van der Waals surface area contributed by atoms with E-state index in [4.69, 9.17) is 18.8 Å². The standard InChI is InChI=1S/C52H31N3O2/c1-2-13-32(14-3-1)52-53-43(35-27-28-40-39-18-5-8-24-45(39)57-48(40)30-35)31-49(54-52)55-44-23-7-4-17-38(44)41-22-11-21-37(51(41)55)34-16-10-15-33(29-34)36-20-12-26-47-50(36)42-19-6-9-25-46(42)56-47/h1-31H. The summed E-state index contributed by atoms with van der Waals surface area (Å²) in [6.45, 7) is 0. The van der Waals surface area contributed by atoms with Crippen LogP contribution in [0.3, 0.4) is 0 Å². The van der Waals surface area contributed by atoms with Gasteiger partial charge < -0.3 is 8.83 Å². The van der Waals surface area contributed by atoms with Gasteiger partial charge in [-0.1, -0.05) is 140 Å². The van der Waals surface area contributed by atoms with Gasteiger partial charge in [-0.3, -0.25) is 4.57 Å². The second-order valence-corrected chi connectivity index (χ2v) is 14.5. The van der Waals surface area contributed by atoms with Gasteiger partial charge >= 0.3 is 0 Å². The molecule has 8 aromatic carbocycles. The first-order chi connectivity index (χ1) is 28.2. The van der Waals surface area contributed by atoms with Crippen LogP contribution in [0, 0.1) is 0 Å². The molecular weight excluding hydrogens is 699 g/mol. The average Bonchev–Trinajstić information content (AvgIpc) is 3.96. The van der Waals surface area contributed by atoms with Gasteiger partial charge in [0.1, 0.15) is 28.1 Å². The normalized spacial score (nSPS) is 11.9. The Morgan fingerprint density at radius 2 is 0.982 bits per heavy atom. The molecule has 0 atom stereocenters. The summed E-state index contributed by atoms with van der Waals surface area (Å²) >= 11 is 0. The zero-order chi connectivity index (χ0) is 37.5. The second kappa shape index (κ2) is 12.4. The predicted octanol–water partition coefficient (Wildman–Crippen LogP) is 14.0. The van der Waals surface area contributed by atoms with E-state index in [-0.39, 0.29) is 0 Å². The summed E-state index contributed by atoms with van der Waals surface area (Å²) in [5.74, 6) is 1.44. The summed E-state index contributed by atoms with van der Waals surface area (Å²) in [5.41, 5.74) is 12.8. The Balaban J connectivity index is 1.10. The fraction of sp³-hybridized carbons (Fsp3) is 0. The Labute approximate surface area is 326 Å². The lowest BCUT2D eigenvalue weighted by atomic mass is 9.95. The maximum absolute atomic E-state index is 6.34. The summed E-state index contributed by atoms with van der Waals surface area (Å²) in [4.78, 5) is 10.5. The second-order valence-electron chi connectivity index (χ2n) is 14.5. The third-order valence-corrected chi connectivity index (χ3v) is 11.2. The highest BCUT2D eigenvalue weighted by Crippen LogP contribution is 2.42. The molecule has 57 heavy (non-hydrogen) atoms. The Morgan fingerprint density at radius 1 is 0.368 bits per heavy atom. The molecule has 0 unspecified atom stereocenters. The molecule has 266 valence electrons. The SMILES string of the molecule is c1ccc(-c2nc(-c3ccc4c(c3)oc3ccccc34)cc(-n3c4ccccc4c4cccc(-c5cccc(-c6cccc7oc8ccccc8c67)c5)c43)n2)cc1. The number of nitrogens with zero attached hydrogens (tertiary/aromatic N) is 3.